The molecular formula is C14H24IN5. The lowest BCUT2D eigenvalue weighted by Gasteiger charge is -2.37. The number of nitrogens with one attached hydrogen (secondary N) is 1. The van der Waals surface area contributed by atoms with Crippen LogP contribution in [0.1, 0.15) is 13.3 Å². The van der Waals surface area contributed by atoms with Gasteiger partial charge in [-0.15, -0.1) is 24.0 Å². The molecular weight excluding hydrogens is 365 g/mol. The zero-order valence-electron chi connectivity index (χ0n) is 12.2. The van der Waals surface area contributed by atoms with E-state index in [-0.39, 0.29) is 24.0 Å². The highest BCUT2D eigenvalue weighted by Gasteiger charge is 2.19. The molecule has 0 aromatic carbocycles. The van der Waals surface area contributed by atoms with Crippen LogP contribution in [0.25, 0.3) is 0 Å². The molecule has 5 nitrogen and oxygen atoms in total. The highest BCUT2D eigenvalue weighted by molar-refractivity contribution is 14.0. The van der Waals surface area contributed by atoms with Gasteiger partial charge in [0.05, 0.1) is 0 Å². The van der Waals surface area contributed by atoms with E-state index in [4.69, 9.17) is 0 Å². The quantitative estimate of drug-likeness (QED) is 0.487. The molecule has 1 N–H and O–H groups in total. The van der Waals surface area contributed by atoms with Crippen molar-refractivity contribution in [2.75, 3.05) is 44.7 Å². The summed E-state index contributed by atoms with van der Waals surface area (Å²) in [6.45, 7) is 7.10. The first-order valence-electron chi connectivity index (χ1n) is 6.96. The van der Waals surface area contributed by atoms with Crippen LogP contribution in [0.15, 0.2) is 29.4 Å². The number of nitrogens with zero attached hydrogens (tertiary/aromatic N) is 4. The molecule has 1 saturated heterocycles. The van der Waals surface area contributed by atoms with E-state index in [0.29, 0.717) is 0 Å². The molecule has 112 valence electrons. The fourth-order valence-corrected chi connectivity index (χ4v) is 2.26. The van der Waals surface area contributed by atoms with Crippen molar-refractivity contribution in [1.29, 1.82) is 0 Å². The fraction of sp³-hybridized carbons (Fsp3) is 0.571. The Labute approximate surface area is 138 Å². The first kappa shape index (κ1) is 17.0. The van der Waals surface area contributed by atoms with E-state index in [1.807, 2.05) is 25.4 Å². The minimum Gasteiger partial charge on any atom is -0.356 e. The van der Waals surface area contributed by atoms with Gasteiger partial charge in [0.2, 0.25) is 0 Å². The van der Waals surface area contributed by atoms with Gasteiger partial charge in [0, 0.05) is 46.0 Å². The van der Waals surface area contributed by atoms with Crippen LogP contribution >= 0.6 is 24.0 Å². The van der Waals surface area contributed by atoms with Crippen LogP contribution in [0.4, 0.5) is 5.82 Å². The second-order valence-corrected chi connectivity index (χ2v) is 4.64. The topological polar surface area (TPSA) is 43.8 Å². The largest absolute Gasteiger partial charge is 0.356 e. The monoisotopic (exact) mass is 389 g/mol. The first-order chi connectivity index (χ1) is 9.35. The summed E-state index contributed by atoms with van der Waals surface area (Å²) in [6, 6.07) is 6.06. The summed E-state index contributed by atoms with van der Waals surface area (Å²) in [5, 5.41) is 3.39. The molecule has 1 aromatic rings. The lowest BCUT2D eigenvalue weighted by atomic mass is 10.3. The Bertz CT molecular complexity index is 401. The molecule has 0 bridgehead atoms. The van der Waals surface area contributed by atoms with Crippen molar-refractivity contribution >= 4 is 35.8 Å². The molecule has 1 aromatic heterocycles. The van der Waals surface area contributed by atoms with Gasteiger partial charge in [-0.25, -0.2) is 4.98 Å². The number of hydrogen-bond donors (Lipinski definition) is 1. The second-order valence-electron chi connectivity index (χ2n) is 4.64. The van der Waals surface area contributed by atoms with Gasteiger partial charge < -0.3 is 15.1 Å². The highest BCUT2D eigenvalue weighted by atomic mass is 127. The maximum atomic E-state index is 4.40. The van der Waals surface area contributed by atoms with E-state index in [9.17, 15) is 0 Å². The standard InChI is InChI=1S/C14H23N5.HI/c1-3-7-17-14(15-2)19-11-9-18(10-12-19)13-6-4-5-8-16-13;/h4-6,8H,3,7,9-12H2,1-2H3,(H,15,17);1H. The Kier molecular flexibility index (Phi) is 7.64. The molecule has 0 amide bonds. The van der Waals surface area contributed by atoms with Crippen molar-refractivity contribution in [1.82, 2.24) is 15.2 Å². The van der Waals surface area contributed by atoms with Crippen LogP contribution in [0, 0.1) is 0 Å². The number of piperazine rings is 1. The van der Waals surface area contributed by atoms with Gasteiger partial charge in [-0.1, -0.05) is 13.0 Å². The van der Waals surface area contributed by atoms with E-state index in [0.717, 1.165) is 50.9 Å². The van der Waals surface area contributed by atoms with Gasteiger partial charge in [0.15, 0.2) is 5.96 Å². The summed E-state index contributed by atoms with van der Waals surface area (Å²) in [5.74, 6) is 2.08. The van der Waals surface area contributed by atoms with Gasteiger partial charge >= 0.3 is 0 Å². The Hall–Kier alpha value is -1.05. The smallest absolute Gasteiger partial charge is 0.193 e. The lowest BCUT2D eigenvalue weighted by Crippen LogP contribution is -2.52. The number of rotatable bonds is 3. The Balaban J connectivity index is 0.00000200. The number of aliphatic imine (C=N–C) groups is 1. The van der Waals surface area contributed by atoms with Gasteiger partial charge in [-0.05, 0) is 18.6 Å². The van der Waals surface area contributed by atoms with Crippen molar-refractivity contribution < 1.29 is 0 Å². The third-order valence-corrected chi connectivity index (χ3v) is 3.30. The van der Waals surface area contributed by atoms with Gasteiger partial charge in [0.25, 0.3) is 0 Å². The summed E-state index contributed by atoms with van der Waals surface area (Å²) in [7, 11) is 1.85. The normalized spacial score (nSPS) is 15.8. The minimum atomic E-state index is 0. The molecule has 0 atom stereocenters. The third-order valence-electron chi connectivity index (χ3n) is 3.30. The van der Waals surface area contributed by atoms with Crippen LogP contribution in [0.5, 0.6) is 0 Å². The van der Waals surface area contributed by atoms with Crippen molar-refractivity contribution in [3.63, 3.8) is 0 Å². The van der Waals surface area contributed by atoms with Crippen molar-refractivity contribution in [2.45, 2.75) is 13.3 Å². The Morgan fingerprint density at radius 1 is 1.30 bits per heavy atom. The number of pyridine rings is 1. The number of hydrogen-bond acceptors (Lipinski definition) is 3. The van der Waals surface area contributed by atoms with Crippen molar-refractivity contribution in [3.05, 3.63) is 24.4 Å². The summed E-state index contributed by atoms with van der Waals surface area (Å²) in [4.78, 5) is 13.4. The Morgan fingerprint density at radius 2 is 2.05 bits per heavy atom. The zero-order chi connectivity index (χ0) is 13.5. The molecule has 0 spiro atoms. The second kappa shape index (κ2) is 8.99. The van der Waals surface area contributed by atoms with E-state index in [2.05, 4.69) is 38.1 Å². The van der Waals surface area contributed by atoms with Gasteiger partial charge in [0.1, 0.15) is 5.82 Å². The zero-order valence-corrected chi connectivity index (χ0v) is 14.6. The maximum Gasteiger partial charge on any atom is 0.193 e. The summed E-state index contributed by atoms with van der Waals surface area (Å²) < 4.78 is 0. The highest BCUT2D eigenvalue weighted by Crippen LogP contribution is 2.12. The maximum absolute atomic E-state index is 4.40. The van der Waals surface area contributed by atoms with Crippen LogP contribution < -0.4 is 10.2 Å². The third kappa shape index (κ3) is 4.50. The predicted octanol–water partition coefficient (Wildman–Crippen LogP) is 1.81. The molecule has 0 aliphatic carbocycles. The van der Waals surface area contributed by atoms with Crippen LogP contribution in [0.3, 0.4) is 0 Å². The lowest BCUT2D eigenvalue weighted by molar-refractivity contribution is 0.371. The van der Waals surface area contributed by atoms with Crippen LogP contribution in [-0.2, 0) is 0 Å². The number of aromatic nitrogens is 1. The molecule has 1 aliphatic heterocycles. The summed E-state index contributed by atoms with van der Waals surface area (Å²) in [6.07, 6.45) is 2.97. The molecule has 1 fully saturated rings. The minimum absolute atomic E-state index is 0. The number of halogens is 1. The average molecular weight is 389 g/mol. The number of anilines is 1. The van der Waals surface area contributed by atoms with E-state index in [1.165, 1.54) is 0 Å². The van der Waals surface area contributed by atoms with Crippen LogP contribution in [0.2, 0.25) is 0 Å². The molecule has 2 heterocycles. The number of guanidine groups is 1. The van der Waals surface area contributed by atoms with E-state index < -0.39 is 0 Å². The molecule has 1 aliphatic rings. The average Bonchev–Trinajstić information content (AvgIpc) is 2.49. The van der Waals surface area contributed by atoms with Gasteiger partial charge in [-0.2, -0.15) is 0 Å². The first-order valence-corrected chi connectivity index (χ1v) is 6.96. The van der Waals surface area contributed by atoms with E-state index in [1.54, 1.807) is 0 Å². The fourth-order valence-electron chi connectivity index (χ4n) is 2.26. The molecule has 20 heavy (non-hydrogen) atoms. The molecule has 6 heteroatoms. The molecule has 0 unspecified atom stereocenters. The van der Waals surface area contributed by atoms with Gasteiger partial charge in [-0.3, -0.25) is 4.99 Å². The molecule has 0 radical (unpaired) electrons. The summed E-state index contributed by atoms with van der Waals surface area (Å²) >= 11 is 0. The van der Waals surface area contributed by atoms with E-state index >= 15 is 0 Å². The predicted molar refractivity (Wildman–Crippen MR) is 95.1 cm³/mol. The SMILES string of the molecule is CCCNC(=NC)N1CCN(c2ccccn2)CC1.I. The van der Waals surface area contributed by atoms with Crippen LogP contribution in [-0.4, -0.2) is 55.6 Å². The molecule has 0 saturated carbocycles. The summed E-state index contributed by atoms with van der Waals surface area (Å²) in [5.41, 5.74) is 0. The molecule has 2 rings (SSSR count). The Morgan fingerprint density at radius 3 is 2.60 bits per heavy atom. The van der Waals surface area contributed by atoms with Crippen molar-refractivity contribution in [3.8, 4) is 0 Å². The van der Waals surface area contributed by atoms with Crippen molar-refractivity contribution in [2.24, 2.45) is 4.99 Å².